The molecule has 6 nitrogen and oxygen atoms in total. The summed E-state index contributed by atoms with van der Waals surface area (Å²) in [6.45, 7) is 9.63. The number of aliphatic carboxylic acids is 1. The van der Waals surface area contributed by atoms with Gasteiger partial charge in [0.2, 0.25) is 5.91 Å². The van der Waals surface area contributed by atoms with Crippen molar-refractivity contribution in [2.45, 2.75) is 52.3 Å². The lowest BCUT2D eigenvalue weighted by Crippen LogP contribution is -2.63. The standard InChI is InChI=1S/C10H18N2O.C3H6O3/c1-9(2)6-11-10(3)5-4-8(13)12(10)7-9;1-2(4)3(5)6/h11H,4-7H2,1-3H3;2,4H,1H3,(H,5,6)/t;2-/m.1/s1. The number of fused-ring (bicyclic) bond motifs is 1. The molecule has 1 amide bonds. The van der Waals surface area contributed by atoms with Crippen LogP contribution in [0.4, 0.5) is 0 Å². The summed E-state index contributed by atoms with van der Waals surface area (Å²) in [5, 5.41) is 19.3. The molecule has 1 unspecified atom stereocenters. The Morgan fingerprint density at radius 1 is 1.42 bits per heavy atom. The van der Waals surface area contributed by atoms with Gasteiger partial charge in [0.1, 0.15) is 6.10 Å². The third-order valence-electron chi connectivity index (χ3n) is 3.61. The molecule has 0 aromatic rings. The molecule has 0 aromatic heterocycles. The van der Waals surface area contributed by atoms with E-state index in [2.05, 4.69) is 26.1 Å². The largest absolute Gasteiger partial charge is 0.479 e. The maximum Gasteiger partial charge on any atom is 0.332 e. The van der Waals surface area contributed by atoms with E-state index in [-0.39, 0.29) is 11.1 Å². The summed E-state index contributed by atoms with van der Waals surface area (Å²) in [4.78, 5) is 23.0. The number of hydrogen-bond donors (Lipinski definition) is 3. The first kappa shape index (κ1) is 15.9. The van der Waals surface area contributed by atoms with Gasteiger partial charge in [-0.15, -0.1) is 0 Å². The van der Waals surface area contributed by atoms with Crippen molar-refractivity contribution >= 4 is 11.9 Å². The Morgan fingerprint density at radius 2 is 1.95 bits per heavy atom. The molecular formula is C13H24N2O4. The molecule has 110 valence electrons. The summed E-state index contributed by atoms with van der Waals surface area (Å²) in [5.74, 6) is -0.877. The zero-order valence-electron chi connectivity index (χ0n) is 12.1. The fraction of sp³-hybridized carbons (Fsp3) is 0.846. The van der Waals surface area contributed by atoms with E-state index < -0.39 is 12.1 Å². The first-order chi connectivity index (χ1) is 8.57. The minimum Gasteiger partial charge on any atom is -0.479 e. The molecule has 2 fully saturated rings. The van der Waals surface area contributed by atoms with Crippen LogP contribution in [-0.2, 0) is 9.59 Å². The number of carboxylic acids is 1. The topological polar surface area (TPSA) is 89.9 Å². The minimum atomic E-state index is -1.23. The molecule has 2 aliphatic rings. The Kier molecular flexibility index (Phi) is 4.58. The van der Waals surface area contributed by atoms with Gasteiger partial charge in [-0.3, -0.25) is 10.1 Å². The van der Waals surface area contributed by atoms with Crippen LogP contribution in [-0.4, -0.2) is 51.8 Å². The van der Waals surface area contributed by atoms with Gasteiger partial charge in [0.05, 0.1) is 5.66 Å². The molecule has 0 radical (unpaired) electrons. The van der Waals surface area contributed by atoms with Crippen LogP contribution in [0.3, 0.4) is 0 Å². The predicted molar refractivity (Wildman–Crippen MR) is 70.5 cm³/mol. The Bertz CT molecular complexity index is 368. The lowest BCUT2D eigenvalue weighted by Gasteiger charge is -2.47. The van der Waals surface area contributed by atoms with E-state index >= 15 is 0 Å². The number of aliphatic hydroxyl groups is 1. The monoisotopic (exact) mass is 272 g/mol. The van der Waals surface area contributed by atoms with Crippen molar-refractivity contribution in [1.29, 1.82) is 0 Å². The third kappa shape index (κ3) is 3.91. The molecule has 2 heterocycles. The highest BCUT2D eigenvalue weighted by Gasteiger charge is 2.47. The van der Waals surface area contributed by atoms with Gasteiger partial charge in [-0.25, -0.2) is 4.79 Å². The number of aliphatic hydroxyl groups excluding tert-OH is 1. The Hall–Kier alpha value is -1.14. The lowest BCUT2D eigenvalue weighted by molar-refractivity contribution is -0.145. The van der Waals surface area contributed by atoms with Gasteiger partial charge in [-0.05, 0) is 25.7 Å². The smallest absolute Gasteiger partial charge is 0.332 e. The molecule has 0 bridgehead atoms. The summed E-state index contributed by atoms with van der Waals surface area (Å²) in [5.41, 5.74) is 0.173. The summed E-state index contributed by atoms with van der Waals surface area (Å²) in [6, 6.07) is 0. The number of nitrogens with zero attached hydrogens (tertiary/aromatic N) is 1. The maximum absolute atomic E-state index is 11.6. The van der Waals surface area contributed by atoms with E-state index in [1.807, 2.05) is 4.90 Å². The van der Waals surface area contributed by atoms with Gasteiger partial charge in [-0.1, -0.05) is 13.8 Å². The maximum atomic E-state index is 11.6. The quantitative estimate of drug-likeness (QED) is 0.643. The fourth-order valence-corrected chi connectivity index (χ4v) is 2.26. The molecular weight excluding hydrogens is 248 g/mol. The number of amides is 1. The zero-order chi connectivity index (χ0) is 14.8. The van der Waals surface area contributed by atoms with Gasteiger partial charge in [0.15, 0.2) is 0 Å². The highest BCUT2D eigenvalue weighted by molar-refractivity contribution is 5.79. The second-order valence-electron chi connectivity index (χ2n) is 6.29. The molecule has 0 saturated carbocycles. The highest BCUT2D eigenvalue weighted by atomic mass is 16.4. The normalized spacial score (nSPS) is 30.2. The summed E-state index contributed by atoms with van der Waals surface area (Å²) in [7, 11) is 0. The van der Waals surface area contributed by atoms with Gasteiger partial charge in [0, 0.05) is 19.5 Å². The molecule has 0 spiro atoms. The van der Waals surface area contributed by atoms with Crippen LogP contribution in [0.25, 0.3) is 0 Å². The van der Waals surface area contributed by atoms with Crippen molar-refractivity contribution in [1.82, 2.24) is 10.2 Å². The molecule has 3 N–H and O–H groups in total. The molecule has 19 heavy (non-hydrogen) atoms. The molecule has 2 rings (SSSR count). The Balaban J connectivity index is 0.000000258. The number of rotatable bonds is 1. The third-order valence-corrected chi connectivity index (χ3v) is 3.61. The van der Waals surface area contributed by atoms with Gasteiger partial charge >= 0.3 is 5.97 Å². The summed E-state index contributed by atoms with van der Waals surface area (Å²) >= 11 is 0. The molecule has 0 aromatic carbocycles. The fourth-order valence-electron chi connectivity index (χ4n) is 2.26. The summed E-state index contributed by atoms with van der Waals surface area (Å²) in [6.07, 6.45) is 0.437. The molecule has 0 aliphatic carbocycles. The molecule has 2 saturated heterocycles. The first-order valence-corrected chi connectivity index (χ1v) is 6.54. The zero-order valence-corrected chi connectivity index (χ0v) is 12.1. The second kappa shape index (κ2) is 5.46. The highest BCUT2D eigenvalue weighted by Crippen LogP contribution is 2.35. The molecule has 2 aliphatic heterocycles. The van der Waals surface area contributed by atoms with Gasteiger partial charge < -0.3 is 15.1 Å². The van der Waals surface area contributed by atoms with Crippen LogP contribution in [0.5, 0.6) is 0 Å². The van der Waals surface area contributed by atoms with E-state index in [0.29, 0.717) is 12.3 Å². The van der Waals surface area contributed by atoms with Crippen molar-refractivity contribution < 1.29 is 19.8 Å². The van der Waals surface area contributed by atoms with Crippen LogP contribution >= 0.6 is 0 Å². The average molecular weight is 272 g/mol. The second-order valence-corrected chi connectivity index (χ2v) is 6.29. The summed E-state index contributed by atoms with van der Waals surface area (Å²) < 4.78 is 0. The van der Waals surface area contributed by atoms with Crippen molar-refractivity contribution in [2.24, 2.45) is 5.41 Å². The molecule has 2 atom stereocenters. The number of nitrogens with one attached hydrogen (secondary N) is 1. The van der Waals surface area contributed by atoms with Gasteiger partial charge in [-0.2, -0.15) is 0 Å². The molecule has 6 heteroatoms. The van der Waals surface area contributed by atoms with Crippen molar-refractivity contribution in [3.8, 4) is 0 Å². The van der Waals surface area contributed by atoms with Crippen LogP contribution in [0, 0.1) is 5.41 Å². The number of carbonyl (C=O) groups excluding carboxylic acids is 1. The lowest BCUT2D eigenvalue weighted by atomic mass is 9.88. The van der Waals surface area contributed by atoms with Crippen molar-refractivity contribution in [2.75, 3.05) is 13.1 Å². The first-order valence-electron chi connectivity index (χ1n) is 6.54. The number of carboxylic acid groups (broad SMARTS) is 1. The Morgan fingerprint density at radius 3 is 2.42 bits per heavy atom. The van der Waals surface area contributed by atoms with Crippen molar-refractivity contribution in [3.05, 3.63) is 0 Å². The Labute approximate surface area is 113 Å². The van der Waals surface area contributed by atoms with E-state index in [1.165, 1.54) is 6.92 Å². The van der Waals surface area contributed by atoms with E-state index in [0.717, 1.165) is 19.5 Å². The SMILES string of the molecule is CC1(C)CNC2(C)CCC(=O)N2C1.C[C@@H](O)C(=O)O. The number of hydrogen-bond acceptors (Lipinski definition) is 4. The number of carbonyl (C=O) groups is 2. The van der Waals surface area contributed by atoms with Crippen LogP contribution in [0.15, 0.2) is 0 Å². The van der Waals surface area contributed by atoms with Crippen molar-refractivity contribution in [3.63, 3.8) is 0 Å². The van der Waals surface area contributed by atoms with Crippen LogP contribution in [0.2, 0.25) is 0 Å². The van der Waals surface area contributed by atoms with E-state index in [1.54, 1.807) is 0 Å². The van der Waals surface area contributed by atoms with E-state index in [9.17, 15) is 9.59 Å². The minimum absolute atomic E-state index is 0.0490. The van der Waals surface area contributed by atoms with Crippen LogP contribution in [0.1, 0.15) is 40.5 Å². The van der Waals surface area contributed by atoms with Crippen LogP contribution < -0.4 is 5.32 Å². The van der Waals surface area contributed by atoms with Gasteiger partial charge in [0.25, 0.3) is 0 Å². The van der Waals surface area contributed by atoms with E-state index in [4.69, 9.17) is 10.2 Å². The average Bonchev–Trinajstić information content (AvgIpc) is 2.57. The predicted octanol–water partition coefficient (Wildman–Crippen LogP) is 0.406.